The first-order valence-corrected chi connectivity index (χ1v) is 9.03. The lowest BCUT2D eigenvalue weighted by molar-refractivity contribution is -0.106. The Balaban J connectivity index is 0.00000243. The Hall–Kier alpha value is -0.930. The summed E-state index contributed by atoms with van der Waals surface area (Å²) in [6.45, 7) is 8.24. The number of rotatable bonds is 5. The topological polar surface area (TPSA) is 65.9 Å². The molecule has 26 heavy (non-hydrogen) atoms. The highest BCUT2D eigenvalue weighted by atomic mass is 127. The summed E-state index contributed by atoms with van der Waals surface area (Å²) < 4.78 is 18.8. The zero-order chi connectivity index (χ0) is 18.0. The van der Waals surface area contributed by atoms with Gasteiger partial charge in [-0.15, -0.1) is 24.0 Å². The molecule has 7 heteroatoms. The fourth-order valence-corrected chi connectivity index (χ4v) is 4.05. The lowest BCUT2D eigenvalue weighted by Crippen LogP contribution is -2.68. The van der Waals surface area contributed by atoms with Crippen LogP contribution in [0.2, 0.25) is 0 Å². The Morgan fingerprint density at radius 3 is 2.73 bits per heavy atom. The maximum absolute atomic E-state index is 13.0. The minimum Gasteiger partial charge on any atom is -0.386 e. The van der Waals surface area contributed by atoms with Gasteiger partial charge in [-0.25, -0.2) is 4.39 Å². The van der Waals surface area contributed by atoms with Crippen molar-refractivity contribution in [3.8, 4) is 0 Å². The number of ether oxygens (including phenoxy) is 1. The van der Waals surface area contributed by atoms with Crippen LogP contribution in [0.1, 0.15) is 38.9 Å². The quantitative estimate of drug-likeness (QED) is 0.347. The van der Waals surface area contributed by atoms with Gasteiger partial charge in [0.05, 0.1) is 18.8 Å². The maximum atomic E-state index is 13.0. The second-order valence-corrected chi connectivity index (χ2v) is 7.47. The van der Waals surface area contributed by atoms with Gasteiger partial charge in [0.2, 0.25) is 0 Å². The van der Waals surface area contributed by atoms with Gasteiger partial charge in [0.15, 0.2) is 5.96 Å². The molecule has 1 aromatic rings. The Morgan fingerprint density at radius 1 is 1.38 bits per heavy atom. The molecule has 0 spiro atoms. The predicted octanol–water partition coefficient (Wildman–Crippen LogP) is 2.85. The highest BCUT2D eigenvalue weighted by Crippen LogP contribution is 2.52. The van der Waals surface area contributed by atoms with E-state index in [4.69, 9.17) is 4.74 Å². The number of hydrogen-bond donors (Lipinski definition) is 3. The molecule has 2 fully saturated rings. The van der Waals surface area contributed by atoms with Gasteiger partial charge < -0.3 is 20.5 Å². The minimum absolute atomic E-state index is 0. The van der Waals surface area contributed by atoms with Gasteiger partial charge in [-0.3, -0.25) is 4.99 Å². The number of aliphatic imine (C=N–C) groups is 1. The number of nitrogens with zero attached hydrogens (tertiary/aromatic N) is 1. The monoisotopic (exact) mass is 477 g/mol. The second-order valence-electron chi connectivity index (χ2n) is 7.47. The van der Waals surface area contributed by atoms with E-state index >= 15 is 0 Å². The summed E-state index contributed by atoms with van der Waals surface area (Å²) in [7, 11) is 0. The van der Waals surface area contributed by atoms with Gasteiger partial charge in [-0.05, 0) is 31.0 Å². The summed E-state index contributed by atoms with van der Waals surface area (Å²) in [6.07, 6.45) is 0.634. The lowest BCUT2D eigenvalue weighted by Gasteiger charge is -2.54. The van der Waals surface area contributed by atoms with Crippen molar-refractivity contribution in [3.05, 3.63) is 35.6 Å². The molecule has 5 nitrogen and oxygen atoms in total. The Bertz CT molecular complexity index is 624. The molecule has 1 aliphatic heterocycles. The Kier molecular flexibility index (Phi) is 7.27. The highest BCUT2D eigenvalue weighted by molar-refractivity contribution is 14.0. The number of hydrogen-bond acceptors (Lipinski definition) is 3. The van der Waals surface area contributed by atoms with E-state index in [2.05, 4.69) is 29.5 Å². The molecular formula is C19H29FIN3O2. The molecule has 0 radical (unpaired) electrons. The number of aliphatic hydroxyl groups excluding tert-OH is 1. The van der Waals surface area contributed by atoms with E-state index in [0.717, 1.165) is 19.6 Å². The first kappa shape index (κ1) is 21.4. The average Bonchev–Trinajstić information content (AvgIpc) is 3.04. The van der Waals surface area contributed by atoms with Gasteiger partial charge in [0.25, 0.3) is 0 Å². The van der Waals surface area contributed by atoms with Crippen molar-refractivity contribution in [2.24, 2.45) is 16.3 Å². The highest BCUT2D eigenvalue weighted by Gasteiger charge is 2.59. The van der Waals surface area contributed by atoms with Gasteiger partial charge >= 0.3 is 0 Å². The molecule has 0 aromatic heterocycles. The fraction of sp³-hybridized carbons (Fsp3) is 0.632. The van der Waals surface area contributed by atoms with E-state index in [9.17, 15) is 9.50 Å². The van der Waals surface area contributed by atoms with E-state index in [-0.39, 0.29) is 41.8 Å². The van der Waals surface area contributed by atoms with Crippen molar-refractivity contribution in [3.63, 3.8) is 0 Å². The largest absolute Gasteiger partial charge is 0.386 e. The van der Waals surface area contributed by atoms with Crippen LogP contribution in [0, 0.1) is 17.2 Å². The number of aliphatic hydroxyl groups is 1. The third-order valence-corrected chi connectivity index (χ3v) is 5.41. The van der Waals surface area contributed by atoms with Crippen LogP contribution < -0.4 is 10.6 Å². The average molecular weight is 477 g/mol. The summed E-state index contributed by atoms with van der Waals surface area (Å²) in [5.41, 5.74) is 0.724. The molecule has 146 valence electrons. The van der Waals surface area contributed by atoms with E-state index in [0.29, 0.717) is 29.6 Å². The SMILES string of the molecule is CCNC(=NCC(O)c1ccc(F)cc1)NC1C2CCOC2C1(C)C.I. The zero-order valence-electron chi connectivity index (χ0n) is 15.5. The van der Waals surface area contributed by atoms with Gasteiger partial charge in [0, 0.05) is 30.5 Å². The van der Waals surface area contributed by atoms with Crippen molar-refractivity contribution in [1.82, 2.24) is 10.6 Å². The fourth-order valence-electron chi connectivity index (χ4n) is 4.05. The second kappa shape index (κ2) is 8.84. The van der Waals surface area contributed by atoms with Crippen LogP contribution in [0.4, 0.5) is 4.39 Å². The van der Waals surface area contributed by atoms with Crippen LogP contribution in [0.25, 0.3) is 0 Å². The summed E-state index contributed by atoms with van der Waals surface area (Å²) in [6, 6.07) is 6.18. The molecular weight excluding hydrogens is 448 g/mol. The standard InChI is InChI=1S/C19H28FN3O2.HI/c1-4-21-18(22-11-15(24)12-5-7-13(20)8-6-12)23-16-14-9-10-25-17(14)19(16,2)3;/h5-8,14-17,24H,4,9-11H2,1-3H3,(H2,21,22,23);1H. The van der Waals surface area contributed by atoms with Crippen LogP contribution in [0.15, 0.2) is 29.3 Å². The Morgan fingerprint density at radius 2 is 2.08 bits per heavy atom. The third kappa shape index (κ3) is 4.31. The first-order chi connectivity index (χ1) is 11.9. The molecule has 1 aliphatic carbocycles. The number of fused-ring (bicyclic) bond motifs is 1. The smallest absolute Gasteiger partial charge is 0.191 e. The van der Waals surface area contributed by atoms with Crippen LogP contribution in [-0.4, -0.2) is 42.9 Å². The van der Waals surface area contributed by atoms with Crippen molar-refractivity contribution < 1.29 is 14.2 Å². The molecule has 1 saturated heterocycles. The lowest BCUT2D eigenvalue weighted by atomic mass is 9.57. The summed E-state index contributed by atoms with van der Waals surface area (Å²) >= 11 is 0. The van der Waals surface area contributed by atoms with Crippen molar-refractivity contribution in [2.75, 3.05) is 19.7 Å². The van der Waals surface area contributed by atoms with E-state index < -0.39 is 6.10 Å². The van der Waals surface area contributed by atoms with Gasteiger partial charge in [-0.2, -0.15) is 0 Å². The predicted molar refractivity (Wildman–Crippen MR) is 111 cm³/mol. The Labute approximate surface area is 171 Å². The minimum atomic E-state index is -0.756. The molecule has 1 saturated carbocycles. The van der Waals surface area contributed by atoms with Crippen LogP contribution >= 0.6 is 24.0 Å². The number of guanidine groups is 1. The van der Waals surface area contributed by atoms with E-state index in [1.165, 1.54) is 12.1 Å². The summed E-state index contributed by atoms with van der Waals surface area (Å²) in [5.74, 6) is 0.906. The molecule has 1 heterocycles. The van der Waals surface area contributed by atoms with E-state index in [1.54, 1.807) is 12.1 Å². The van der Waals surface area contributed by atoms with Crippen LogP contribution in [0.3, 0.4) is 0 Å². The summed E-state index contributed by atoms with van der Waals surface area (Å²) in [5, 5.41) is 17.0. The van der Waals surface area contributed by atoms with Gasteiger partial charge in [0.1, 0.15) is 5.82 Å². The van der Waals surface area contributed by atoms with Gasteiger partial charge in [-0.1, -0.05) is 26.0 Å². The molecule has 2 aliphatic rings. The van der Waals surface area contributed by atoms with Crippen LogP contribution in [-0.2, 0) is 4.74 Å². The number of halogens is 2. The zero-order valence-corrected chi connectivity index (χ0v) is 17.9. The normalized spacial score (nSPS) is 27.7. The van der Waals surface area contributed by atoms with Crippen molar-refractivity contribution in [2.45, 2.75) is 45.4 Å². The van der Waals surface area contributed by atoms with Crippen LogP contribution in [0.5, 0.6) is 0 Å². The third-order valence-electron chi connectivity index (χ3n) is 5.41. The van der Waals surface area contributed by atoms with Crippen molar-refractivity contribution >= 4 is 29.9 Å². The molecule has 3 N–H and O–H groups in total. The number of nitrogens with one attached hydrogen (secondary N) is 2. The maximum Gasteiger partial charge on any atom is 0.191 e. The molecule has 0 amide bonds. The summed E-state index contributed by atoms with van der Waals surface area (Å²) in [4.78, 5) is 4.52. The molecule has 1 aromatic carbocycles. The van der Waals surface area contributed by atoms with E-state index in [1.807, 2.05) is 6.92 Å². The molecule has 4 atom stereocenters. The number of benzene rings is 1. The molecule has 3 rings (SSSR count). The molecule has 4 unspecified atom stereocenters. The first-order valence-electron chi connectivity index (χ1n) is 9.03. The van der Waals surface area contributed by atoms with Crippen molar-refractivity contribution in [1.29, 1.82) is 0 Å². The molecule has 0 bridgehead atoms.